The standard InChI is InChI=1S/C10H14ClFN2O3S/c1-6(5-17-2)14-18(15,16)9-4-7(11)3-8(13)10(9)12/h3-4,6,14H,5,13H2,1-2H3. The van der Waals surface area contributed by atoms with Gasteiger partial charge in [-0.15, -0.1) is 0 Å². The first kappa shape index (κ1) is 15.2. The third kappa shape index (κ3) is 3.55. The molecule has 102 valence electrons. The number of benzene rings is 1. The lowest BCUT2D eigenvalue weighted by atomic mass is 10.3. The lowest BCUT2D eigenvalue weighted by molar-refractivity contribution is 0.180. The van der Waals surface area contributed by atoms with E-state index < -0.39 is 26.8 Å². The Morgan fingerprint density at radius 1 is 1.56 bits per heavy atom. The van der Waals surface area contributed by atoms with E-state index >= 15 is 0 Å². The van der Waals surface area contributed by atoms with Gasteiger partial charge >= 0.3 is 0 Å². The molecule has 8 heteroatoms. The largest absolute Gasteiger partial charge is 0.396 e. The molecule has 0 aliphatic heterocycles. The molecule has 1 atom stereocenters. The Morgan fingerprint density at radius 2 is 2.17 bits per heavy atom. The third-order valence-corrected chi connectivity index (χ3v) is 3.90. The Labute approximate surface area is 110 Å². The maximum absolute atomic E-state index is 13.7. The molecule has 0 bridgehead atoms. The van der Waals surface area contributed by atoms with Gasteiger partial charge in [0.05, 0.1) is 12.3 Å². The van der Waals surface area contributed by atoms with Gasteiger partial charge in [0.15, 0.2) is 5.82 Å². The minimum atomic E-state index is -4.03. The first-order valence-corrected chi connectivity index (χ1v) is 6.90. The maximum Gasteiger partial charge on any atom is 0.243 e. The number of methoxy groups -OCH3 is 1. The van der Waals surface area contributed by atoms with Gasteiger partial charge in [0.25, 0.3) is 0 Å². The van der Waals surface area contributed by atoms with Crippen LogP contribution in [0.3, 0.4) is 0 Å². The van der Waals surface area contributed by atoms with Crippen molar-refractivity contribution in [3.63, 3.8) is 0 Å². The summed E-state index contributed by atoms with van der Waals surface area (Å²) in [6.07, 6.45) is 0. The molecule has 0 aliphatic carbocycles. The van der Waals surface area contributed by atoms with Crippen molar-refractivity contribution in [1.82, 2.24) is 4.72 Å². The Balaban J connectivity index is 3.13. The molecule has 1 unspecified atom stereocenters. The van der Waals surface area contributed by atoms with Gasteiger partial charge in [0.2, 0.25) is 10.0 Å². The Morgan fingerprint density at radius 3 is 2.72 bits per heavy atom. The summed E-state index contributed by atoms with van der Waals surface area (Å²) >= 11 is 5.66. The maximum atomic E-state index is 13.7. The van der Waals surface area contributed by atoms with Gasteiger partial charge in [-0.05, 0) is 19.1 Å². The molecule has 0 spiro atoms. The molecule has 1 aromatic rings. The predicted octanol–water partition coefficient (Wildman–Crippen LogP) is 1.37. The van der Waals surface area contributed by atoms with E-state index in [1.54, 1.807) is 6.92 Å². The van der Waals surface area contributed by atoms with E-state index in [-0.39, 0.29) is 17.3 Å². The van der Waals surface area contributed by atoms with Crippen molar-refractivity contribution in [2.75, 3.05) is 19.5 Å². The summed E-state index contributed by atoms with van der Waals surface area (Å²) in [4.78, 5) is -0.574. The molecular formula is C10H14ClFN2O3S. The fourth-order valence-electron chi connectivity index (χ4n) is 1.39. The highest BCUT2D eigenvalue weighted by molar-refractivity contribution is 7.89. The van der Waals surface area contributed by atoms with Crippen LogP contribution in [0.2, 0.25) is 5.02 Å². The average molecular weight is 297 g/mol. The SMILES string of the molecule is COCC(C)NS(=O)(=O)c1cc(Cl)cc(N)c1F. The number of nitrogen functional groups attached to an aromatic ring is 1. The molecular weight excluding hydrogens is 283 g/mol. The number of nitrogens with two attached hydrogens (primary N) is 1. The molecule has 0 aliphatic rings. The van der Waals surface area contributed by atoms with Gasteiger partial charge in [-0.2, -0.15) is 0 Å². The van der Waals surface area contributed by atoms with E-state index in [4.69, 9.17) is 22.1 Å². The fraction of sp³-hybridized carbons (Fsp3) is 0.400. The molecule has 0 saturated carbocycles. The van der Waals surface area contributed by atoms with Crippen LogP contribution in [0.1, 0.15) is 6.92 Å². The quantitative estimate of drug-likeness (QED) is 0.804. The van der Waals surface area contributed by atoms with Crippen LogP contribution in [0.25, 0.3) is 0 Å². The molecule has 1 aromatic carbocycles. The number of halogens is 2. The summed E-state index contributed by atoms with van der Waals surface area (Å²) in [5, 5.41) is 0.0497. The summed E-state index contributed by atoms with van der Waals surface area (Å²) in [5.74, 6) is -1.02. The van der Waals surface area contributed by atoms with Crippen molar-refractivity contribution >= 4 is 27.3 Å². The summed E-state index contributed by atoms with van der Waals surface area (Å²) in [6.45, 7) is 1.75. The summed E-state index contributed by atoms with van der Waals surface area (Å²) < 4.78 is 44.6. The minimum absolute atomic E-state index is 0.0497. The highest BCUT2D eigenvalue weighted by atomic mass is 35.5. The van der Waals surface area contributed by atoms with E-state index in [9.17, 15) is 12.8 Å². The second-order valence-corrected chi connectivity index (χ2v) is 5.90. The second-order valence-electron chi connectivity index (χ2n) is 3.78. The van der Waals surface area contributed by atoms with Crippen molar-refractivity contribution < 1.29 is 17.5 Å². The predicted molar refractivity (Wildman–Crippen MR) is 67.5 cm³/mol. The molecule has 1 rings (SSSR count). The molecule has 0 saturated heterocycles. The van der Waals surface area contributed by atoms with Crippen molar-refractivity contribution in [2.45, 2.75) is 17.9 Å². The van der Waals surface area contributed by atoms with Crippen molar-refractivity contribution in [1.29, 1.82) is 0 Å². The van der Waals surface area contributed by atoms with Crippen molar-refractivity contribution in [2.24, 2.45) is 0 Å². The Kier molecular flexibility index (Phi) is 4.92. The molecule has 0 radical (unpaired) electrons. The number of rotatable bonds is 5. The first-order valence-electron chi connectivity index (χ1n) is 5.03. The molecule has 0 amide bonds. The monoisotopic (exact) mass is 296 g/mol. The first-order chi connectivity index (χ1) is 8.27. The Hall–Kier alpha value is -0.890. The highest BCUT2D eigenvalue weighted by Crippen LogP contribution is 2.25. The van der Waals surface area contributed by atoms with Crippen LogP contribution >= 0.6 is 11.6 Å². The number of hydrogen-bond donors (Lipinski definition) is 2. The van der Waals surface area contributed by atoms with Crippen molar-refractivity contribution in [3.8, 4) is 0 Å². The molecule has 0 heterocycles. The molecule has 5 nitrogen and oxygen atoms in total. The van der Waals surface area contributed by atoms with E-state index in [1.165, 1.54) is 7.11 Å². The highest BCUT2D eigenvalue weighted by Gasteiger charge is 2.23. The van der Waals surface area contributed by atoms with Crippen LogP contribution in [-0.4, -0.2) is 28.2 Å². The molecule has 18 heavy (non-hydrogen) atoms. The lowest BCUT2D eigenvalue weighted by Crippen LogP contribution is -2.36. The van der Waals surface area contributed by atoms with E-state index in [1.807, 2.05) is 0 Å². The zero-order valence-electron chi connectivity index (χ0n) is 9.91. The van der Waals surface area contributed by atoms with Crippen LogP contribution < -0.4 is 10.5 Å². The number of anilines is 1. The zero-order valence-corrected chi connectivity index (χ0v) is 11.5. The minimum Gasteiger partial charge on any atom is -0.396 e. The smallest absolute Gasteiger partial charge is 0.243 e. The summed E-state index contributed by atoms with van der Waals surface area (Å²) in [6, 6.07) is 1.66. The van der Waals surface area contributed by atoms with Crippen LogP contribution in [0.5, 0.6) is 0 Å². The van der Waals surface area contributed by atoms with Crippen molar-refractivity contribution in [3.05, 3.63) is 23.0 Å². The van der Waals surface area contributed by atoms with Crippen LogP contribution in [0.4, 0.5) is 10.1 Å². The normalized spacial score (nSPS) is 13.6. The van der Waals surface area contributed by atoms with Crippen LogP contribution in [0, 0.1) is 5.82 Å². The van der Waals surface area contributed by atoms with Gasteiger partial charge in [-0.25, -0.2) is 17.5 Å². The van der Waals surface area contributed by atoms with Gasteiger partial charge in [0.1, 0.15) is 4.90 Å². The number of nitrogens with one attached hydrogen (secondary N) is 1. The zero-order chi connectivity index (χ0) is 13.9. The topological polar surface area (TPSA) is 81.4 Å². The fourth-order valence-corrected chi connectivity index (χ4v) is 3.04. The van der Waals surface area contributed by atoms with Crippen LogP contribution in [-0.2, 0) is 14.8 Å². The average Bonchev–Trinajstić information content (AvgIpc) is 2.22. The van der Waals surface area contributed by atoms with Gasteiger partial charge in [-0.3, -0.25) is 0 Å². The molecule has 3 N–H and O–H groups in total. The number of hydrogen-bond acceptors (Lipinski definition) is 4. The summed E-state index contributed by atoms with van der Waals surface area (Å²) in [5.41, 5.74) is 5.01. The Bertz CT molecular complexity index is 536. The second kappa shape index (κ2) is 5.83. The van der Waals surface area contributed by atoms with E-state index in [0.29, 0.717) is 0 Å². The van der Waals surface area contributed by atoms with Gasteiger partial charge in [-0.1, -0.05) is 11.6 Å². The number of ether oxygens (including phenoxy) is 1. The van der Waals surface area contributed by atoms with E-state index in [2.05, 4.69) is 4.72 Å². The van der Waals surface area contributed by atoms with Crippen LogP contribution in [0.15, 0.2) is 17.0 Å². The molecule has 0 aromatic heterocycles. The number of sulfonamides is 1. The van der Waals surface area contributed by atoms with Gasteiger partial charge in [0, 0.05) is 18.2 Å². The summed E-state index contributed by atoms with van der Waals surface area (Å²) in [7, 11) is -2.59. The van der Waals surface area contributed by atoms with Gasteiger partial charge < -0.3 is 10.5 Å². The lowest BCUT2D eigenvalue weighted by Gasteiger charge is -2.14. The van der Waals surface area contributed by atoms with E-state index in [0.717, 1.165) is 12.1 Å². The third-order valence-electron chi connectivity index (χ3n) is 2.09. The molecule has 0 fully saturated rings.